The van der Waals surface area contributed by atoms with E-state index in [1.54, 1.807) is 7.11 Å². The minimum atomic E-state index is -2.25. The number of alkyl halides is 2. The molecule has 1 aromatic carbocycles. The molecule has 0 bridgehead atoms. The summed E-state index contributed by atoms with van der Waals surface area (Å²) in [7, 11) is 1.72. The van der Waals surface area contributed by atoms with Crippen LogP contribution in [0.2, 0.25) is 0 Å². The van der Waals surface area contributed by atoms with E-state index in [9.17, 15) is 8.78 Å². The lowest BCUT2D eigenvalue weighted by molar-refractivity contribution is 0.0543. The van der Waals surface area contributed by atoms with Gasteiger partial charge < -0.3 is 9.72 Å². The fraction of sp³-hybridized carbons (Fsp3) is 0.579. The lowest BCUT2D eigenvalue weighted by atomic mass is 10.0. The normalized spacial score (nSPS) is 16.8. The molecule has 1 fully saturated rings. The Morgan fingerprint density at radius 2 is 1.92 bits per heavy atom. The minimum absolute atomic E-state index is 0.120. The van der Waals surface area contributed by atoms with Crippen molar-refractivity contribution in [3.8, 4) is 5.75 Å². The summed E-state index contributed by atoms with van der Waals surface area (Å²) in [4.78, 5) is 7.53. The molecule has 0 aliphatic carbocycles. The van der Waals surface area contributed by atoms with Crippen LogP contribution in [0.25, 0.3) is 10.9 Å². The van der Waals surface area contributed by atoms with Crippen molar-refractivity contribution in [2.24, 2.45) is 0 Å². The SMILES string of the molecule is CCCc1cc(OC)c(CN2CCN(CC(F)F)CC2)c2cc[nH]c12. The number of halogens is 2. The number of aromatic amines is 1. The number of methoxy groups -OCH3 is 1. The van der Waals surface area contributed by atoms with Crippen LogP contribution in [-0.2, 0) is 13.0 Å². The van der Waals surface area contributed by atoms with E-state index in [0.29, 0.717) is 13.1 Å². The van der Waals surface area contributed by atoms with E-state index in [0.717, 1.165) is 38.2 Å². The first-order chi connectivity index (χ1) is 12.1. The summed E-state index contributed by atoms with van der Waals surface area (Å²) in [5.74, 6) is 0.922. The first kappa shape index (κ1) is 18.1. The van der Waals surface area contributed by atoms with E-state index in [-0.39, 0.29) is 6.54 Å². The second kappa shape index (κ2) is 8.15. The number of rotatable bonds is 7. The number of benzene rings is 1. The van der Waals surface area contributed by atoms with Crippen LogP contribution in [0.1, 0.15) is 24.5 Å². The number of nitrogens with zero attached hydrogens (tertiary/aromatic N) is 2. The Balaban J connectivity index is 1.78. The molecule has 1 N–H and O–H groups in total. The zero-order valence-corrected chi connectivity index (χ0v) is 15.0. The number of hydrogen-bond acceptors (Lipinski definition) is 3. The Hall–Kier alpha value is -1.66. The molecule has 0 amide bonds. The number of aromatic nitrogens is 1. The maximum atomic E-state index is 12.5. The molecule has 1 aliphatic rings. The number of ether oxygens (including phenoxy) is 1. The molecule has 4 nitrogen and oxygen atoms in total. The lowest BCUT2D eigenvalue weighted by Crippen LogP contribution is -2.47. The molecule has 2 heterocycles. The highest BCUT2D eigenvalue weighted by Crippen LogP contribution is 2.32. The Labute approximate surface area is 147 Å². The summed E-state index contributed by atoms with van der Waals surface area (Å²) in [5.41, 5.74) is 3.65. The third-order valence-corrected chi connectivity index (χ3v) is 4.98. The van der Waals surface area contributed by atoms with Gasteiger partial charge in [-0.15, -0.1) is 0 Å². The molecular weight excluding hydrogens is 324 g/mol. The average Bonchev–Trinajstić information content (AvgIpc) is 3.08. The highest BCUT2D eigenvalue weighted by Gasteiger charge is 2.22. The topological polar surface area (TPSA) is 31.5 Å². The summed E-state index contributed by atoms with van der Waals surface area (Å²) < 4.78 is 30.7. The fourth-order valence-electron chi connectivity index (χ4n) is 3.70. The predicted octanol–water partition coefficient (Wildman–Crippen LogP) is 3.51. The monoisotopic (exact) mass is 351 g/mol. The fourth-order valence-corrected chi connectivity index (χ4v) is 3.70. The molecule has 6 heteroatoms. The van der Waals surface area contributed by atoms with Crippen LogP contribution in [0.5, 0.6) is 5.75 Å². The maximum absolute atomic E-state index is 12.5. The van der Waals surface area contributed by atoms with E-state index < -0.39 is 6.43 Å². The molecule has 1 aliphatic heterocycles. The summed E-state index contributed by atoms with van der Waals surface area (Å²) in [5, 5.41) is 1.21. The van der Waals surface area contributed by atoms with Crippen LogP contribution >= 0.6 is 0 Å². The molecule has 0 saturated carbocycles. The van der Waals surface area contributed by atoms with Crippen molar-refractivity contribution >= 4 is 10.9 Å². The van der Waals surface area contributed by atoms with E-state index in [1.807, 2.05) is 11.1 Å². The first-order valence-electron chi connectivity index (χ1n) is 9.01. The minimum Gasteiger partial charge on any atom is -0.496 e. The quantitative estimate of drug-likeness (QED) is 0.828. The van der Waals surface area contributed by atoms with Crippen molar-refractivity contribution in [2.45, 2.75) is 32.7 Å². The van der Waals surface area contributed by atoms with E-state index in [1.165, 1.54) is 22.0 Å². The number of fused-ring (bicyclic) bond motifs is 1. The Bertz CT molecular complexity index is 693. The van der Waals surface area contributed by atoms with E-state index in [2.05, 4.69) is 28.9 Å². The van der Waals surface area contributed by atoms with Gasteiger partial charge in [-0.25, -0.2) is 8.78 Å². The van der Waals surface area contributed by atoms with Crippen LogP contribution in [-0.4, -0.2) is 61.0 Å². The first-order valence-corrected chi connectivity index (χ1v) is 9.01. The molecular formula is C19H27F2N3O. The molecule has 138 valence electrons. The molecule has 0 spiro atoms. The van der Waals surface area contributed by atoms with Gasteiger partial charge in [-0.2, -0.15) is 0 Å². The van der Waals surface area contributed by atoms with Gasteiger partial charge >= 0.3 is 0 Å². The second-order valence-electron chi connectivity index (χ2n) is 6.70. The molecule has 25 heavy (non-hydrogen) atoms. The molecule has 3 rings (SSSR count). The van der Waals surface area contributed by atoms with Crippen LogP contribution in [0, 0.1) is 0 Å². The molecule has 1 saturated heterocycles. The molecule has 1 aromatic heterocycles. The number of nitrogens with one attached hydrogen (secondary N) is 1. The average molecular weight is 351 g/mol. The van der Waals surface area contributed by atoms with Crippen LogP contribution in [0.4, 0.5) is 8.78 Å². The van der Waals surface area contributed by atoms with E-state index in [4.69, 9.17) is 4.74 Å². The number of hydrogen-bond donors (Lipinski definition) is 1. The largest absolute Gasteiger partial charge is 0.496 e. The third-order valence-electron chi connectivity index (χ3n) is 4.98. The van der Waals surface area contributed by atoms with Gasteiger partial charge in [-0.3, -0.25) is 9.80 Å². The molecule has 2 aromatic rings. The summed E-state index contributed by atoms with van der Waals surface area (Å²) in [6.45, 7) is 5.83. The van der Waals surface area contributed by atoms with Crippen molar-refractivity contribution < 1.29 is 13.5 Å². The van der Waals surface area contributed by atoms with Gasteiger partial charge in [-0.1, -0.05) is 13.3 Å². The predicted molar refractivity (Wildman–Crippen MR) is 96.6 cm³/mol. The third kappa shape index (κ3) is 4.12. The van der Waals surface area contributed by atoms with Gasteiger partial charge in [0.15, 0.2) is 0 Å². The van der Waals surface area contributed by atoms with Gasteiger partial charge in [0.1, 0.15) is 5.75 Å². The Morgan fingerprint density at radius 1 is 1.20 bits per heavy atom. The molecule has 0 radical (unpaired) electrons. The number of piperazine rings is 1. The maximum Gasteiger partial charge on any atom is 0.251 e. The van der Waals surface area contributed by atoms with Crippen LogP contribution < -0.4 is 4.74 Å². The van der Waals surface area contributed by atoms with Gasteiger partial charge in [0, 0.05) is 55.4 Å². The second-order valence-corrected chi connectivity index (χ2v) is 6.70. The lowest BCUT2D eigenvalue weighted by Gasteiger charge is -2.34. The van der Waals surface area contributed by atoms with Crippen LogP contribution in [0.15, 0.2) is 18.3 Å². The van der Waals surface area contributed by atoms with E-state index >= 15 is 0 Å². The van der Waals surface area contributed by atoms with Crippen molar-refractivity contribution in [1.82, 2.24) is 14.8 Å². The highest BCUT2D eigenvalue weighted by molar-refractivity contribution is 5.88. The summed E-state index contributed by atoms with van der Waals surface area (Å²) >= 11 is 0. The standard InChI is InChI=1S/C19H27F2N3O/c1-3-4-14-11-17(25-2)16(15-5-6-22-19(14)15)12-23-7-9-24(10-8-23)13-18(20)21/h5-6,11,18,22H,3-4,7-10,12-13H2,1-2H3. The summed E-state index contributed by atoms with van der Waals surface area (Å²) in [6.07, 6.45) is 1.83. The van der Waals surface area contributed by atoms with Crippen molar-refractivity contribution in [2.75, 3.05) is 39.8 Å². The Morgan fingerprint density at radius 3 is 2.56 bits per heavy atom. The zero-order valence-electron chi connectivity index (χ0n) is 15.0. The van der Waals surface area contributed by atoms with Crippen molar-refractivity contribution in [1.29, 1.82) is 0 Å². The highest BCUT2D eigenvalue weighted by atomic mass is 19.3. The van der Waals surface area contributed by atoms with Crippen LogP contribution in [0.3, 0.4) is 0 Å². The summed E-state index contributed by atoms with van der Waals surface area (Å²) in [6, 6.07) is 4.25. The van der Waals surface area contributed by atoms with Crippen molar-refractivity contribution in [3.63, 3.8) is 0 Å². The zero-order chi connectivity index (χ0) is 17.8. The Kier molecular flexibility index (Phi) is 5.91. The number of H-pyrrole nitrogens is 1. The number of aryl methyl sites for hydroxylation is 1. The van der Waals surface area contributed by atoms with Gasteiger partial charge in [0.05, 0.1) is 13.7 Å². The van der Waals surface area contributed by atoms with Gasteiger partial charge in [0.2, 0.25) is 0 Å². The van der Waals surface area contributed by atoms with Gasteiger partial charge in [-0.05, 0) is 24.1 Å². The molecule has 0 unspecified atom stereocenters. The molecule has 0 atom stereocenters. The smallest absolute Gasteiger partial charge is 0.251 e. The van der Waals surface area contributed by atoms with Crippen molar-refractivity contribution in [3.05, 3.63) is 29.5 Å². The van der Waals surface area contributed by atoms with Gasteiger partial charge in [0.25, 0.3) is 6.43 Å².